The van der Waals surface area contributed by atoms with Gasteiger partial charge in [0, 0.05) is 9.35 Å². The molecule has 3 rings (SSSR count). The van der Waals surface area contributed by atoms with Crippen LogP contribution < -0.4 is 4.74 Å². The number of hydrogen-bond donors (Lipinski definition) is 0. The van der Waals surface area contributed by atoms with Crippen LogP contribution in [0.1, 0.15) is 4.88 Å². The van der Waals surface area contributed by atoms with E-state index in [-0.39, 0.29) is 5.28 Å². The average Bonchev–Trinajstić information content (AvgIpc) is 2.69. The molecule has 2 heterocycles. The third-order valence-corrected chi connectivity index (χ3v) is 4.07. The van der Waals surface area contributed by atoms with E-state index in [1.165, 1.54) is 0 Å². The Bertz CT molecular complexity index is 759. The number of halogens is 2. The van der Waals surface area contributed by atoms with Gasteiger partial charge in [-0.15, -0.1) is 11.3 Å². The highest BCUT2D eigenvalue weighted by atomic mass is 79.9. The van der Waals surface area contributed by atoms with E-state index < -0.39 is 0 Å². The highest BCUT2D eigenvalue weighted by Crippen LogP contribution is 2.33. The van der Waals surface area contributed by atoms with E-state index in [1.54, 1.807) is 11.3 Å². The molecular weight excluding hydrogens is 348 g/mol. The van der Waals surface area contributed by atoms with E-state index in [0.717, 1.165) is 19.6 Å². The van der Waals surface area contributed by atoms with Crippen molar-refractivity contribution >= 4 is 49.1 Å². The fraction of sp³-hybridized carbons (Fsp3) is 0.0769. The van der Waals surface area contributed by atoms with Crippen molar-refractivity contribution in [2.24, 2.45) is 0 Å². The lowest BCUT2D eigenvalue weighted by molar-refractivity contribution is 0.468. The fourth-order valence-electron chi connectivity index (χ4n) is 1.71. The monoisotopic (exact) mass is 354 g/mol. The molecule has 0 spiro atoms. The Balaban J connectivity index is 2.09. The summed E-state index contributed by atoms with van der Waals surface area (Å²) < 4.78 is 6.75. The van der Waals surface area contributed by atoms with Gasteiger partial charge in [0.1, 0.15) is 10.6 Å². The molecule has 3 nitrogen and oxygen atoms in total. The minimum Gasteiger partial charge on any atom is -0.438 e. The molecule has 2 aromatic heterocycles. The second-order valence-corrected chi connectivity index (χ2v) is 6.42. The molecule has 0 aliphatic heterocycles. The Morgan fingerprint density at radius 3 is 2.89 bits per heavy atom. The van der Waals surface area contributed by atoms with Crippen molar-refractivity contribution in [1.29, 1.82) is 0 Å². The van der Waals surface area contributed by atoms with Crippen molar-refractivity contribution in [2.45, 2.75) is 6.92 Å². The second kappa shape index (κ2) is 5.07. The molecule has 0 amide bonds. The van der Waals surface area contributed by atoms with Gasteiger partial charge < -0.3 is 4.74 Å². The minimum atomic E-state index is 0.194. The molecule has 0 aliphatic carbocycles. The summed E-state index contributed by atoms with van der Waals surface area (Å²) in [5.41, 5.74) is 0. The van der Waals surface area contributed by atoms with Gasteiger partial charge in [-0.2, -0.15) is 4.98 Å². The molecular formula is C13H8BrClN2OS. The van der Waals surface area contributed by atoms with E-state index in [4.69, 9.17) is 16.3 Å². The summed E-state index contributed by atoms with van der Waals surface area (Å²) in [6.45, 7) is 2.02. The summed E-state index contributed by atoms with van der Waals surface area (Å²) in [6.07, 6.45) is 0. The highest BCUT2D eigenvalue weighted by molar-refractivity contribution is 9.10. The lowest BCUT2D eigenvalue weighted by atomic mass is 10.3. The predicted octanol–water partition coefficient (Wildman–Crippen LogP) is 5.21. The predicted molar refractivity (Wildman–Crippen MR) is 81.4 cm³/mol. The molecule has 0 fully saturated rings. The van der Waals surface area contributed by atoms with Crippen molar-refractivity contribution < 1.29 is 4.74 Å². The lowest BCUT2D eigenvalue weighted by Crippen LogP contribution is -1.91. The Kier molecular flexibility index (Phi) is 3.43. The molecule has 0 radical (unpaired) electrons. The van der Waals surface area contributed by atoms with Gasteiger partial charge in [-0.1, -0.05) is 22.0 Å². The quantitative estimate of drug-likeness (QED) is 0.592. The fourth-order valence-corrected chi connectivity index (χ4v) is 3.17. The molecule has 19 heavy (non-hydrogen) atoms. The van der Waals surface area contributed by atoms with Gasteiger partial charge in [0.15, 0.2) is 0 Å². The van der Waals surface area contributed by atoms with Crippen LogP contribution in [0.4, 0.5) is 0 Å². The van der Waals surface area contributed by atoms with Crippen molar-refractivity contribution in [3.8, 4) is 11.6 Å². The van der Waals surface area contributed by atoms with Crippen LogP contribution in [0.3, 0.4) is 0 Å². The molecule has 1 aromatic carbocycles. The van der Waals surface area contributed by atoms with Crippen LogP contribution in [0.25, 0.3) is 10.2 Å². The number of rotatable bonds is 2. The molecule has 0 unspecified atom stereocenters. The number of hydrogen-bond acceptors (Lipinski definition) is 4. The zero-order chi connectivity index (χ0) is 13.4. The third kappa shape index (κ3) is 2.73. The number of aromatic nitrogens is 2. The van der Waals surface area contributed by atoms with E-state index in [1.807, 2.05) is 37.3 Å². The summed E-state index contributed by atoms with van der Waals surface area (Å²) in [5.74, 6) is 1.19. The van der Waals surface area contributed by atoms with Crippen LogP contribution in [0.15, 0.2) is 34.8 Å². The zero-order valence-corrected chi connectivity index (χ0v) is 13.0. The molecule has 3 aromatic rings. The first-order valence-corrected chi connectivity index (χ1v) is 7.48. The Hall–Kier alpha value is -1.17. The van der Waals surface area contributed by atoms with E-state index in [9.17, 15) is 0 Å². The van der Waals surface area contributed by atoms with E-state index in [2.05, 4.69) is 25.9 Å². The lowest BCUT2D eigenvalue weighted by Gasteiger charge is -2.06. The van der Waals surface area contributed by atoms with Crippen LogP contribution in [-0.4, -0.2) is 9.97 Å². The molecule has 0 bridgehead atoms. The Labute approximate surface area is 127 Å². The molecule has 0 saturated carbocycles. The van der Waals surface area contributed by atoms with Gasteiger partial charge in [0.2, 0.25) is 11.2 Å². The summed E-state index contributed by atoms with van der Waals surface area (Å²) in [6, 6.07) is 9.58. The van der Waals surface area contributed by atoms with Gasteiger partial charge >= 0.3 is 0 Å². The van der Waals surface area contributed by atoms with Crippen LogP contribution in [0.5, 0.6) is 11.6 Å². The first-order valence-electron chi connectivity index (χ1n) is 5.49. The van der Waals surface area contributed by atoms with Crippen molar-refractivity contribution in [3.05, 3.63) is 45.0 Å². The molecule has 0 atom stereocenters. The minimum absolute atomic E-state index is 0.194. The summed E-state index contributed by atoms with van der Waals surface area (Å²) in [7, 11) is 0. The first kappa shape index (κ1) is 12.8. The Morgan fingerprint density at radius 1 is 1.26 bits per heavy atom. The van der Waals surface area contributed by atoms with Gasteiger partial charge in [-0.25, -0.2) is 4.98 Å². The zero-order valence-electron chi connectivity index (χ0n) is 9.85. The summed E-state index contributed by atoms with van der Waals surface area (Å²) in [5, 5.41) is 1.08. The number of benzene rings is 1. The number of aryl methyl sites for hydroxylation is 1. The van der Waals surface area contributed by atoms with Gasteiger partial charge in [0.05, 0.1) is 5.39 Å². The largest absolute Gasteiger partial charge is 0.438 e. The maximum Gasteiger partial charge on any atom is 0.232 e. The van der Waals surface area contributed by atoms with Gasteiger partial charge in [-0.05, 0) is 42.8 Å². The van der Waals surface area contributed by atoms with E-state index in [0.29, 0.717) is 11.6 Å². The first-order chi connectivity index (χ1) is 9.11. The molecule has 0 N–H and O–H groups in total. The maximum absolute atomic E-state index is 5.93. The van der Waals surface area contributed by atoms with Crippen LogP contribution in [-0.2, 0) is 0 Å². The van der Waals surface area contributed by atoms with Crippen LogP contribution in [0.2, 0.25) is 5.28 Å². The highest BCUT2D eigenvalue weighted by Gasteiger charge is 2.11. The normalized spacial score (nSPS) is 10.9. The maximum atomic E-state index is 5.93. The summed E-state index contributed by atoms with van der Waals surface area (Å²) in [4.78, 5) is 10.3. The molecule has 96 valence electrons. The molecule has 0 aliphatic rings. The van der Waals surface area contributed by atoms with Gasteiger partial charge in [-0.3, -0.25) is 0 Å². The number of thiophene rings is 1. The Morgan fingerprint density at radius 2 is 2.11 bits per heavy atom. The van der Waals surface area contributed by atoms with Crippen molar-refractivity contribution in [3.63, 3.8) is 0 Å². The third-order valence-electron chi connectivity index (χ3n) is 2.46. The van der Waals surface area contributed by atoms with Gasteiger partial charge in [0.25, 0.3) is 0 Å². The molecule has 0 saturated heterocycles. The number of nitrogens with zero attached hydrogens (tertiary/aromatic N) is 2. The van der Waals surface area contributed by atoms with E-state index >= 15 is 0 Å². The SMILES string of the molecule is Cc1cc2c(Oc3cccc(Br)c3)nc(Cl)nc2s1. The second-order valence-electron chi connectivity index (χ2n) is 3.93. The number of ether oxygens (including phenoxy) is 1. The standard InChI is InChI=1S/C13H8BrClN2OS/c1-7-5-10-11(16-13(15)17-12(10)19-7)18-9-4-2-3-8(14)6-9/h2-6H,1H3. The molecule has 6 heteroatoms. The summed E-state index contributed by atoms with van der Waals surface area (Å²) >= 11 is 10.9. The topological polar surface area (TPSA) is 35.0 Å². The van der Waals surface area contributed by atoms with Crippen LogP contribution >= 0.6 is 38.9 Å². The van der Waals surface area contributed by atoms with Crippen LogP contribution in [0, 0.1) is 6.92 Å². The number of fused-ring (bicyclic) bond motifs is 1. The van der Waals surface area contributed by atoms with Crippen molar-refractivity contribution in [2.75, 3.05) is 0 Å². The van der Waals surface area contributed by atoms with Crippen molar-refractivity contribution in [1.82, 2.24) is 9.97 Å². The average molecular weight is 356 g/mol. The smallest absolute Gasteiger partial charge is 0.232 e.